The Morgan fingerprint density at radius 1 is 1.42 bits per heavy atom. The van der Waals surface area contributed by atoms with E-state index in [-0.39, 0.29) is 5.96 Å². The van der Waals surface area contributed by atoms with Crippen molar-refractivity contribution < 1.29 is 0 Å². The molecule has 5 N–H and O–H groups in total. The Morgan fingerprint density at radius 3 is 2.42 bits per heavy atom. The fourth-order valence-corrected chi connectivity index (χ4v) is 0.932. The molecule has 0 saturated heterocycles. The van der Waals surface area contributed by atoms with Crippen LogP contribution in [0.3, 0.4) is 0 Å². The summed E-state index contributed by atoms with van der Waals surface area (Å²) >= 11 is 0. The van der Waals surface area contributed by atoms with Crippen LogP contribution in [0.4, 0.5) is 0 Å². The van der Waals surface area contributed by atoms with E-state index in [1.807, 2.05) is 7.05 Å². The summed E-state index contributed by atoms with van der Waals surface area (Å²) in [7, 11) is 1.96. The molecule has 0 spiro atoms. The topological polar surface area (TPSA) is 76.4 Å². The van der Waals surface area contributed by atoms with E-state index in [1.54, 1.807) is 0 Å². The molecule has 0 radical (unpaired) electrons. The molecular formula is C8H20N4. The van der Waals surface area contributed by atoms with Gasteiger partial charge in [-0.3, -0.25) is 4.99 Å². The van der Waals surface area contributed by atoms with E-state index in [9.17, 15) is 0 Å². The molecule has 0 rings (SSSR count). The molecule has 4 heteroatoms. The van der Waals surface area contributed by atoms with Crippen molar-refractivity contribution in [3.8, 4) is 0 Å². The molecule has 0 fully saturated rings. The molecule has 2 atom stereocenters. The van der Waals surface area contributed by atoms with Crippen LogP contribution in [0.25, 0.3) is 0 Å². The highest BCUT2D eigenvalue weighted by Gasteiger charge is 2.08. The van der Waals surface area contributed by atoms with Gasteiger partial charge in [-0.25, -0.2) is 0 Å². The van der Waals surface area contributed by atoms with Crippen LogP contribution in [-0.4, -0.2) is 25.6 Å². The second-order valence-electron chi connectivity index (χ2n) is 3.15. The molecule has 12 heavy (non-hydrogen) atoms. The van der Waals surface area contributed by atoms with Gasteiger partial charge in [0.1, 0.15) is 0 Å². The minimum Gasteiger partial charge on any atom is -0.370 e. The first-order valence-corrected chi connectivity index (χ1v) is 4.30. The second kappa shape index (κ2) is 5.83. The van der Waals surface area contributed by atoms with Crippen LogP contribution in [0.2, 0.25) is 0 Å². The van der Waals surface area contributed by atoms with Gasteiger partial charge in [-0.1, -0.05) is 6.92 Å². The van der Waals surface area contributed by atoms with E-state index in [4.69, 9.17) is 11.5 Å². The van der Waals surface area contributed by atoms with E-state index in [2.05, 4.69) is 24.2 Å². The third-order valence-corrected chi connectivity index (χ3v) is 2.19. The third kappa shape index (κ3) is 4.96. The van der Waals surface area contributed by atoms with Crippen molar-refractivity contribution >= 4 is 5.96 Å². The van der Waals surface area contributed by atoms with Gasteiger partial charge in [0.25, 0.3) is 0 Å². The van der Waals surface area contributed by atoms with Crippen molar-refractivity contribution in [1.29, 1.82) is 0 Å². The van der Waals surface area contributed by atoms with Crippen molar-refractivity contribution in [3.05, 3.63) is 0 Å². The minimum atomic E-state index is 0.180. The summed E-state index contributed by atoms with van der Waals surface area (Å²) < 4.78 is 0. The van der Waals surface area contributed by atoms with Crippen LogP contribution < -0.4 is 16.8 Å². The highest BCUT2D eigenvalue weighted by atomic mass is 15.0. The van der Waals surface area contributed by atoms with Crippen LogP contribution in [-0.2, 0) is 0 Å². The van der Waals surface area contributed by atoms with Gasteiger partial charge in [-0.2, -0.15) is 0 Å². The number of hydrogen-bond donors (Lipinski definition) is 3. The van der Waals surface area contributed by atoms with Gasteiger partial charge < -0.3 is 16.8 Å². The predicted molar refractivity (Wildman–Crippen MR) is 53.0 cm³/mol. The van der Waals surface area contributed by atoms with E-state index >= 15 is 0 Å². The van der Waals surface area contributed by atoms with Gasteiger partial charge in [-0.05, 0) is 26.3 Å². The Balaban J connectivity index is 3.57. The smallest absolute Gasteiger partial charge is 0.185 e. The largest absolute Gasteiger partial charge is 0.370 e. The fourth-order valence-electron chi connectivity index (χ4n) is 0.932. The molecule has 0 saturated carbocycles. The van der Waals surface area contributed by atoms with Gasteiger partial charge in [0.15, 0.2) is 5.96 Å². The minimum absolute atomic E-state index is 0.180. The van der Waals surface area contributed by atoms with Crippen molar-refractivity contribution in [2.24, 2.45) is 22.4 Å². The number of nitrogens with one attached hydrogen (secondary N) is 1. The maximum absolute atomic E-state index is 5.20. The van der Waals surface area contributed by atoms with Crippen LogP contribution in [0.1, 0.15) is 20.3 Å². The lowest BCUT2D eigenvalue weighted by molar-refractivity contribution is 0.406. The summed E-state index contributed by atoms with van der Waals surface area (Å²) in [6, 6.07) is 0.513. The van der Waals surface area contributed by atoms with Gasteiger partial charge >= 0.3 is 0 Å². The number of nitrogens with zero attached hydrogens (tertiary/aromatic N) is 1. The van der Waals surface area contributed by atoms with E-state index < -0.39 is 0 Å². The van der Waals surface area contributed by atoms with E-state index in [1.165, 1.54) is 0 Å². The highest BCUT2D eigenvalue weighted by molar-refractivity contribution is 5.75. The van der Waals surface area contributed by atoms with E-state index in [0.717, 1.165) is 13.0 Å². The molecule has 0 aliphatic carbocycles. The zero-order valence-electron chi connectivity index (χ0n) is 8.17. The monoisotopic (exact) mass is 172 g/mol. The number of guanidine groups is 1. The lowest BCUT2D eigenvalue weighted by atomic mass is 10.0. The average molecular weight is 172 g/mol. The highest BCUT2D eigenvalue weighted by Crippen LogP contribution is 2.06. The summed E-state index contributed by atoms with van der Waals surface area (Å²) in [6.07, 6.45) is 1.01. The lowest BCUT2D eigenvalue weighted by Gasteiger charge is -2.17. The first-order chi connectivity index (χ1) is 5.57. The number of hydrogen-bond acceptors (Lipinski definition) is 2. The van der Waals surface area contributed by atoms with Crippen molar-refractivity contribution in [1.82, 2.24) is 5.32 Å². The quantitative estimate of drug-likeness (QED) is 0.400. The van der Waals surface area contributed by atoms with Gasteiger partial charge in [0, 0.05) is 12.6 Å². The predicted octanol–water partition coefficient (Wildman–Crippen LogP) is -0.106. The second-order valence-corrected chi connectivity index (χ2v) is 3.15. The van der Waals surface area contributed by atoms with Gasteiger partial charge in [0.05, 0.1) is 0 Å². The third-order valence-electron chi connectivity index (χ3n) is 2.19. The van der Waals surface area contributed by atoms with Crippen molar-refractivity contribution in [2.75, 3.05) is 13.6 Å². The zero-order valence-corrected chi connectivity index (χ0v) is 8.17. The fraction of sp³-hybridized carbons (Fsp3) is 0.875. The zero-order chi connectivity index (χ0) is 9.56. The molecule has 0 amide bonds. The molecule has 0 aromatic rings. The molecule has 0 aliphatic heterocycles. The van der Waals surface area contributed by atoms with E-state index in [0.29, 0.717) is 12.0 Å². The summed E-state index contributed by atoms with van der Waals surface area (Å²) in [5.41, 5.74) is 10.4. The molecule has 0 aliphatic rings. The summed E-state index contributed by atoms with van der Waals surface area (Å²) in [4.78, 5) is 3.93. The van der Waals surface area contributed by atoms with Crippen molar-refractivity contribution in [2.45, 2.75) is 26.3 Å². The Bertz CT molecular complexity index is 140. The Labute approximate surface area is 74.4 Å². The molecule has 72 valence electrons. The Morgan fingerprint density at radius 2 is 2.00 bits per heavy atom. The average Bonchev–Trinajstić information content (AvgIpc) is 2.02. The Kier molecular flexibility index (Phi) is 5.45. The van der Waals surface area contributed by atoms with Crippen molar-refractivity contribution in [3.63, 3.8) is 0 Å². The normalized spacial score (nSPS) is 15.2. The maximum atomic E-state index is 5.20. The van der Waals surface area contributed by atoms with Crippen LogP contribution in [0.5, 0.6) is 0 Å². The molecule has 4 nitrogen and oxygen atoms in total. The van der Waals surface area contributed by atoms with Gasteiger partial charge in [0.2, 0.25) is 0 Å². The molecule has 0 heterocycles. The van der Waals surface area contributed by atoms with Crippen LogP contribution >= 0.6 is 0 Å². The summed E-state index contributed by atoms with van der Waals surface area (Å²) in [6.45, 7) is 5.05. The van der Waals surface area contributed by atoms with Crippen LogP contribution in [0, 0.1) is 5.92 Å². The molecule has 0 aromatic carbocycles. The maximum Gasteiger partial charge on any atom is 0.185 e. The summed E-state index contributed by atoms with van der Waals surface area (Å²) in [5.74, 6) is 0.775. The standard InChI is InChI=1S/C8H20N4/c1-6(7(2)11-3)4-5-12-8(9)10/h6-7,11H,4-5H2,1-3H3,(H4,9,10,12)/t6?,7-/m0/s1. The number of nitrogens with two attached hydrogens (primary N) is 2. The molecule has 0 aromatic heterocycles. The van der Waals surface area contributed by atoms with Gasteiger partial charge in [-0.15, -0.1) is 0 Å². The first-order valence-electron chi connectivity index (χ1n) is 4.30. The molecular weight excluding hydrogens is 152 g/mol. The number of aliphatic imine (C=N–C) groups is 1. The number of rotatable bonds is 5. The molecule has 1 unspecified atom stereocenters. The summed E-state index contributed by atoms with van der Waals surface area (Å²) in [5, 5.41) is 3.19. The Hall–Kier alpha value is -0.770. The lowest BCUT2D eigenvalue weighted by Crippen LogP contribution is -2.29. The van der Waals surface area contributed by atoms with Crippen LogP contribution in [0.15, 0.2) is 4.99 Å². The SMILES string of the molecule is CN[C@@H](C)C(C)CCN=C(N)N. The first kappa shape index (κ1) is 11.2. The molecule has 0 bridgehead atoms.